The van der Waals surface area contributed by atoms with Crippen LogP contribution in [0.2, 0.25) is 0 Å². The second kappa shape index (κ2) is 8.48. The van der Waals surface area contributed by atoms with Gasteiger partial charge in [0, 0.05) is 6.04 Å². The van der Waals surface area contributed by atoms with Crippen molar-refractivity contribution in [2.45, 2.75) is 64.7 Å². The van der Waals surface area contributed by atoms with E-state index in [-0.39, 0.29) is 6.04 Å². The van der Waals surface area contributed by atoms with Crippen molar-refractivity contribution in [3.8, 4) is 6.07 Å². The molecule has 1 atom stereocenters. The maximum Gasteiger partial charge on any atom is 0.401 e. The van der Waals surface area contributed by atoms with Crippen molar-refractivity contribution < 1.29 is 13.2 Å². The van der Waals surface area contributed by atoms with Crippen LogP contribution in [0.15, 0.2) is 0 Å². The summed E-state index contributed by atoms with van der Waals surface area (Å²) in [6.45, 7) is 7.41. The number of nitriles is 1. The number of halogens is 3. The van der Waals surface area contributed by atoms with Crippen LogP contribution in [0.4, 0.5) is 13.2 Å². The van der Waals surface area contributed by atoms with E-state index in [1.165, 1.54) is 4.90 Å². The molecule has 3 nitrogen and oxygen atoms in total. The highest BCUT2D eigenvalue weighted by Gasteiger charge is 2.31. The van der Waals surface area contributed by atoms with E-state index in [2.05, 4.69) is 11.4 Å². The zero-order valence-electron chi connectivity index (χ0n) is 12.8. The lowest BCUT2D eigenvalue weighted by atomic mass is 9.91. The van der Waals surface area contributed by atoms with Crippen molar-refractivity contribution in [3.63, 3.8) is 0 Å². The molecule has 0 aromatic carbocycles. The summed E-state index contributed by atoms with van der Waals surface area (Å²) in [5, 5.41) is 12.6. The molecule has 0 saturated heterocycles. The van der Waals surface area contributed by atoms with Gasteiger partial charge in [0.15, 0.2) is 0 Å². The van der Waals surface area contributed by atoms with E-state index < -0.39 is 18.3 Å². The second-order valence-corrected chi connectivity index (χ2v) is 5.43. The maximum absolute atomic E-state index is 12.4. The molecule has 0 rings (SSSR count). The largest absolute Gasteiger partial charge is 0.401 e. The van der Waals surface area contributed by atoms with Gasteiger partial charge in [-0.25, -0.2) is 0 Å². The first-order valence-electron chi connectivity index (χ1n) is 7.16. The Morgan fingerprint density at radius 3 is 2.20 bits per heavy atom. The monoisotopic (exact) mass is 293 g/mol. The molecule has 1 N–H and O–H groups in total. The van der Waals surface area contributed by atoms with E-state index in [1.54, 1.807) is 6.92 Å². The number of hydrogen-bond acceptors (Lipinski definition) is 3. The molecule has 0 saturated carbocycles. The zero-order valence-corrected chi connectivity index (χ0v) is 12.8. The molecule has 0 aliphatic heterocycles. The second-order valence-electron chi connectivity index (χ2n) is 5.43. The van der Waals surface area contributed by atoms with Gasteiger partial charge in [0.2, 0.25) is 0 Å². The molecule has 0 aromatic rings. The minimum Gasteiger partial charge on any atom is -0.297 e. The number of hydrogen-bond donors (Lipinski definition) is 1. The van der Waals surface area contributed by atoms with Crippen LogP contribution in [-0.2, 0) is 0 Å². The van der Waals surface area contributed by atoms with Gasteiger partial charge >= 0.3 is 6.18 Å². The van der Waals surface area contributed by atoms with Crippen LogP contribution >= 0.6 is 0 Å². The van der Waals surface area contributed by atoms with Crippen LogP contribution < -0.4 is 5.32 Å². The van der Waals surface area contributed by atoms with E-state index in [4.69, 9.17) is 0 Å². The highest BCUT2D eigenvalue weighted by Crippen LogP contribution is 2.20. The van der Waals surface area contributed by atoms with Gasteiger partial charge in [-0.3, -0.25) is 10.2 Å². The van der Waals surface area contributed by atoms with Gasteiger partial charge in [-0.05, 0) is 46.2 Å². The Hall–Kier alpha value is -0.800. The van der Waals surface area contributed by atoms with Crippen molar-refractivity contribution in [1.82, 2.24) is 10.2 Å². The van der Waals surface area contributed by atoms with E-state index in [0.717, 1.165) is 0 Å². The van der Waals surface area contributed by atoms with Crippen molar-refractivity contribution >= 4 is 0 Å². The fourth-order valence-electron chi connectivity index (χ4n) is 2.28. The van der Waals surface area contributed by atoms with Crippen molar-refractivity contribution in [3.05, 3.63) is 0 Å². The Labute approximate surface area is 120 Å². The summed E-state index contributed by atoms with van der Waals surface area (Å²) in [6, 6.07) is 2.46. The molecule has 6 heteroatoms. The fourth-order valence-corrected chi connectivity index (χ4v) is 2.28. The summed E-state index contributed by atoms with van der Waals surface area (Å²) in [6.07, 6.45) is -2.38. The zero-order chi connectivity index (χ0) is 15.8. The van der Waals surface area contributed by atoms with Gasteiger partial charge in [-0.2, -0.15) is 18.4 Å². The van der Waals surface area contributed by atoms with Crippen LogP contribution in [0.5, 0.6) is 0 Å². The maximum atomic E-state index is 12.4. The van der Waals surface area contributed by atoms with Gasteiger partial charge in [0.25, 0.3) is 0 Å². The van der Waals surface area contributed by atoms with Crippen LogP contribution in [0.3, 0.4) is 0 Å². The average Bonchev–Trinajstić information content (AvgIpc) is 2.34. The van der Waals surface area contributed by atoms with Crippen LogP contribution in [0.25, 0.3) is 0 Å². The summed E-state index contributed by atoms with van der Waals surface area (Å²) in [5.41, 5.74) is -0.633. The van der Waals surface area contributed by atoms with Crippen molar-refractivity contribution in [2.24, 2.45) is 0 Å². The number of nitrogens with one attached hydrogen (secondary N) is 1. The molecule has 0 radical (unpaired) electrons. The predicted octanol–water partition coefficient (Wildman–Crippen LogP) is 3.32. The molecule has 0 heterocycles. The van der Waals surface area contributed by atoms with Gasteiger partial charge in [-0.15, -0.1) is 0 Å². The Kier molecular flexibility index (Phi) is 8.14. The molecule has 0 bridgehead atoms. The molecule has 0 amide bonds. The molecular formula is C14H26F3N3. The van der Waals surface area contributed by atoms with E-state index in [0.29, 0.717) is 32.4 Å². The topological polar surface area (TPSA) is 39.1 Å². The lowest BCUT2D eigenvalue weighted by molar-refractivity contribution is -0.145. The Morgan fingerprint density at radius 2 is 1.85 bits per heavy atom. The van der Waals surface area contributed by atoms with Crippen molar-refractivity contribution in [1.29, 1.82) is 5.26 Å². The Balaban J connectivity index is 4.39. The molecule has 0 spiro atoms. The molecule has 118 valence electrons. The van der Waals surface area contributed by atoms with E-state index in [1.807, 2.05) is 20.8 Å². The highest BCUT2D eigenvalue weighted by molar-refractivity contribution is 5.06. The summed E-state index contributed by atoms with van der Waals surface area (Å²) in [7, 11) is 0. The molecular weight excluding hydrogens is 267 g/mol. The standard InChI is InChI=1S/C14H26F3N3/c1-5-13(10-18,19-12(3)4)8-7-9-20(6-2)11-14(15,16)17/h12,19H,5-9,11H2,1-4H3. The molecule has 1 unspecified atom stereocenters. The smallest absolute Gasteiger partial charge is 0.297 e. The summed E-state index contributed by atoms with van der Waals surface area (Å²) in [5.74, 6) is 0. The number of alkyl halides is 3. The fraction of sp³-hybridized carbons (Fsp3) is 0.929. The van der Waals surface area contributed by atoms with E-state index >= 15 is 0 Å². The first kappa shape index (κ1) is 19.2. The molecule has 0 aliphatic rings. The summed E-state index contributed by atoms with van der Waals surface area (Å²) < 4.78 is 37.1. The van der Waals surface area contributed by atoms with Gasteiger partial charge < -0.3 is 0 Å². The molecule has 0 aliphatic carbocycles. The first-order valence-corrected chi connectivity index (χ1v) is 7.16. The Bertz CT molecular complexity index is 310. The Morgan fingerprint density at radius 1 is 1.25 bits per heavy atom. The van der Waals surface area contributed by atoms with Gasteiger partial charge in [0.1, 0.15) is 5.54 Å². The SMILES string of the molecule is CCN(CCCC(C#N)(CC)NC(C)C)CC(F)(F)F. The third-order valence-electron chi connectivity index (χ3n) is 3.31. The molecule has 0 fully saturated rings. The molecule has 20 heavy (non-hydrogen) atoms. The van der Waals surface area contributed by atoms with Crippen LogP contribution in [0.1, 0.15) is 47.0 Å². The third-order valence-corrected chi connectivity index (χ3v) is 3.31. The van der Waals surface area contributed by atoms with E-state index in [9.17, 15) is 18.4 Å². The lowest BCUT2D eigenvalue weighted by Crippen LogP contribution is -2.47. The minimum atomic E-state index is -4.16. The van der Waals surface area contributed by atoms with Gasteiger partial charge in [0.05, 0.1) is 12.6 Å². The number of rotatable bonds is 9. The number of nitrogens with zero attached hydrogens (tertiary/aromatic N) is 2. The van der Waals surface area contributed by atoms with Crippen LogP contribution in [0, 0.1) is 11.3 Å². The lowest BCUT2D eigenvalue weighted by Gasteiger charge is -2.30. The highest BCUT2D eigenvalue weighted by atomic mass is 19.4. The minimum absolute atomic E-state index is 0.173. The summed E-state index contributed by atoms with van der Waals surface area (Å²) in [4.78, 5) is 1.37. The van der Waals surface area contributed by atoms with Crippen LogP contribution in [-0.4, -0.2) is 42.3 Å². The quantitative estimate of drug-likeness (QED) is 0.709. The first-order chi connectivity index (χ1) is 9.18. The van der Waals surface area contributed by atoms with Crippen molar-refractivity contribution in [2.75, 3.05) is 19.6 Å². The summed E-state index contributed by atoms with van der Waals surface area (Å²) >= 11 is 0. The molecule has 0 aromatic heterocycles. The normalized spacial score (nSPS) is 15.4. The average molecular weight is 293 g/mol. The van der Waals surface area contributed by atoms with Gasteiger partial charge in [-0.1, -0.05) is 13.8 Å². The third kappa shape index (κ3) is 7.71. The predicted molar refractivity (Wildman–Crippen MR) is 74.3 cm³/mol.